The molecule has 0 saturated heterocycles. The van der Waals surface area contributed by atoms with Gasteiger partial charge in [0.15, 0.2) is 0 Å². The summed E-state index contributed by atoms with van der Waals surface area (Å²) in [7, 11) is 0. The minimum atomic E-state index is -0.320. The molecule has 0 spiro atoms. The van der Waals surface area contributed by atoms with Gasteiger partial charge < -0.3 is 10.6 Å². The molecule has 0 aromatic heterocycles. The number of anilines is 1. The fourth-order valence-corrected chi connectivity index (χ4v) is 2.82. The fraction of sp³-hybridized carbons (Fsp3) is 0.158. The van der Waals surface area contributed by atoms with E-state index in [1.54, 1.807) is 30.3 Å². The molecule has 2 amide bonds. The van der Waals surface area contributed by atoms with Gasteiger partial charge in [0.2, 0.25) is 11.8 Å². The average Bonchev–Trinajstić information content (AvgIpc) is 2.61. The van der Waals surface area contributed by atoms with Crippen LogP contribution in [0.3, 0.4) is 0 Å². The second kappa shape index (κ2) is 9.03. The highest BCUT2D eigenvalue weighted by Gasteiger charge is 2.07. The second-order valence-electron chi connectivity index (χ2n) is 5.30. The first-order valence-electron chi connectivity index (χ1n) is 7.63. The van der Waals surface area contributed by atoms with Crippen LogP contribution in [0.2, 0.25) is 0 Å². The van der Waals surface area contributed by atoms with E-state index in [-0.39, 0.29) is 30.6 Å². The number of nitrogens with one attached hydrogen (secondary N) is 2. The van der Waals surface area contributed by atoms with Crippen LogP contribution in [0.15, 0.2) is 60.0 Å². The zero-order valence-electron chi connectivity index (χ0n) is 13.8. The number of benzene rings is 2. The Morgan fingerprint density at radius 1 is 1.20 bits per heavy atom. The number of amides is 2. The Kier molecular flexibility index (Phi) is 6.77. The van der Waals surface area contributed by atoms with Gasteiger partial charge in [0.05, 0.1) is 6.42 Å². The van der Waals surface area contributed by atoms with Gasteiger partial charge in [0, 0.05) is 17.1 Å². The van der Waals surface area contributed by atoms with Gasteiger partial charge >= 0.3 is 0 Å². The Bertz CT molecular complexity index is 775. The molecule has 0 bridgehead atoms. The minimum Gasteiger partial charge on any atom is -0.352 e. The van der Waals surface area contributed by atoms with Crippen molar-refractivity contribution in [3.63, 3.8) is 0 Å². The third-order valence-corrected chi connectivity index (χ3v) is 4.33. The number of carbonyl (C=O) groups excluding carboxylic acids is 2. The van der Waals surface area contributed by atoms with Gasteiger partial charge in [-0.3, -0.25) is 9.59 Å². The maximum absolute atomic E-state index is 13.4. The maximum Gasteiger partial charge on any atom is 0.247 e. The molecular formula is C19H19FN2O2S. The van der Waals surface area contributed by atoms with Gasteiger partial charge in [-0.2, -0.15) is 0 Å². The molecule has 6 heteroatoms. The molecule has 0 aliphatic heterocycles. The standard InChI is InChI=1S/C19H19FN2O2S/c1-3-18(23)22-16-7-4-13(5-8-16)10-19(24)21-12-14-11-15(20)6-9-17(14)25-2/h3-9,11H,1,10,12H2,2H3,(H,21,24)(H,22,23). The summed E-state index contributed by atoms with van der Waals surface area (Å²) in [5.41, 5.74) is 2.21. The summed E-state index contributed by atoms with van der Waals surface area (Å²) in [6, 6.07) is 11.5. The van der Waals surface area contributed by atoms with Crippen LogP contribution in [0.5, 0.6) is 0 Å². The molecule has 2 aromatic carbocycles. The molecule has 0 radical (unpaired) electrons. The monoisotopic (exact) mass is 358 g/mol. The maximum atomic E-state index is 13.4. The molecule has 2 rings (SSSR count). The van der Waals surface area contributed by atoms with Crippen molar-refractivity contribution in [1.82, 2.24) is 5.32 Å². The number of rotatable bonds is 7. The zero-order valence-corrected chi connectivity index (χ0v) is 14.7. The van der Waals surface area contributed by atoms with Crippen molar-refractivity contribution in [2.45, 2.75) is 17.9 Å². The fourth-order valence-electron chi connectivity index (χ4n) is 2.23. The van der Waals surface area contributed by atoms with Crippen LogP contribution in [0.25, 0.3) is 0 Å². The average molecular weight is 358 g/mol. The van der Waals surface area contributed by atoms with Crippen LogP contribution < -0.4 is 10.6 Å². The summed E-state index contributed by atoms with van der Waals surface area (Å²) in [6.45, 7) is 3.66. The van der Waals surface area contributed by atoms with Gasteiger partial charge in [-0.05, 0) is 53.8 Å². The summed E-state index contributed by atoms with van der Waals surface area (Å²) in [5, 5.41) is 5.44. The topological polar surface area (TPSA) is 58.2 Å². The third kappa shape index (κ3) is 5.76. The molecule has 0 saturated carbocycles. The quantitative estimate of drug-likeness (QED) is 0.588. The van der Waals surface area contributed by atoms with Crippen LogP contribution in [-0.4, -0.2) is 18.1 Å². The number of carbonyl (C=O) groups is 2. The smallest absolute Gasteiger partial charge is 0.247 e. The highest BCUT2D eigenvalue weighted by Crippen LogP contribution is 2.21. The molecule has 0 fully saturated rings. The van der Waals surface area contributed by atoms with Crippen LogP contribution in [0.1, 0.15) is 11.1 Å². The van der Waals surface area contributed by atoms with Crippen LogP contribution in [-0.2, 0) is 22.6 Å². The van der Waals surface area contributed by atoms with Gasteiger partial charge in [-0.15, -0.1) is 11.8 Å². The van der Waals surface area contributed by atoms with E-state index in [0.717, 1.165) is 16.0 Å². The van der Waals surface area contributed by atoms with E-state index >= 15 is 0 Å². The summed E-state index contributed by atoms with van der Waals surface area (Å²) < 4.78 is 13.4. The van der Waals surface area contributed by atoms with Crippen molar-refractivity contribution < 1.29 is 14.0 Å². The van der Waals surface area contributed by atoms with Crippen LogP contribution >= 0.6 is 11.8 Å². The number of hydrogen-bond donors (Lipinski definition) is 2. The summed E-state index contributed by atoms with van der Waals surface area (Å²) in [6.07, 6.45) is 3.31. The Morgan fingerprint density at radius 3 is 2.56 bits per heavy atom. The van der Waals surface area contributed by atoms with Crippen molar-refractivity contribution >= 4 is 29.3 Å². The Morgan fingerprint density at radius 2 is 1.92 bits per heavy atom. The first-order chi connectivity index (χ1) is 12.0. The summed E-state index contributed by atoms with van der Waals surface area (Å²) in [4.78, 5) is 24.2. The van der Waals surface area contributed by atoms with Crippen molar-refractivity contribution in [2.75, 3.05) is 11.6 Å². The molecule has 4 nitrogen and oxygen atoms in total. The lowest BCUT2D eigenvalue weighted by atomic mass is 10.1. The molecule has 0 atom stereocenters. The van der Waals surface area contributed by atoms with Gasteiger partial charge in [-0.25, -0.2) is 4.39 Å². The summed E-state index contributed by atoms with van der Waals surface area (Å²) in [5.74, 6) is -0.761. The highest BCUT2D eigenvalue weighted by atomic mass is 32.2. The van der Waals surface area contributed by atoms with Crippen molar-refractivity contribution in [1.29, 1.82) is 0 Å². The van der Waals surface area contributed by atoms with Crippen molar-refractivity contribution in [3.05, 3.63) is 72.1 Å². The molecule has 0 unspecified atom stereocenters. The van der Waals surface area contributed by atoms with Gasteiger partial charge in [0.25, 0.3) is 0 Å². The van der Waals surface area contributed by atoms with E-state index in [1.807, 2.05) is 6.26 Å². The Balaban J connectivity index is 1.91. The number of thioether (sulfide) groups is 1. The second-order valence-corrected chi connectivity index (χ2v) is 6.15. The zero-order chi connectivity index (χ0) is 18.2. The molecule has 0 heterocycles. The van der Waals surface area contributed by atoms with E-state index in [4.69, 9.17) is 0 Å². The molecule has 0 aliphatic carbocycles. The minimum absolute atomic E-state index is 0.154. The lowest BCUT2D eigenvalue weighted by Crippen LogP contribution is -2.24. The lowest BCUT2D eigenvalue weighted by molar-refractivity contribution is -0.120. The largest absolute Gasteiger partial charge is 0.352 e. The number of hydrogen-bond acceptors (Lipinski definition) is 3. The van der Waals surface area contributed by atoms with E-state index in [9.17, 15) is 14.0 Å². The van der Waals surface area contributed by atoms with E-state index < -0.39 is 0 Å². The molecular weight excluding hydrogens is 339 g/mol. The Labute approximate surface area is 150 Å². The van der Waals surface area contributed by atoms with Gasteiger partial charge in [0.1, 0.15) is 5.82 Å². The number of halogens is 1. The predicted molar refractivity (Wildman–Crippen MR) is 99.0 cm³/mol. The first kappa shape index (κ1) is 18.7. The van der Waals surface area contributed by atoms with Crippen molar-refractivity contribution in [2.24, 2.45) is 0 Å². The SMILES string of the molecule is C=CC(=O)Nc1ccc(CC(=O)NCc2cc(F)ccc2SC)cc1. The molecule has 130 valence electrons. The van der Waals surface area contributed by atoms with Crippen LogP contribution in [0.4, 0.5) is 10.1 Å². The van der Waals surface area contributed by atoms with Gasteiger partial charge in [-0.1, -0.05) is 18.7 Å². The van der Waals surface area contributed by atoms with E-state index in [0.29, 0.717) is 5.69 Å². The highest BCUT2D eigenvalue weighted by molar-refractivity contribution is 7.98. The first-order valence-corrected chi connectivity index (χ1v) is 8.85. The molecule has 2 N–H and O–H groups in total. The lowest BCUT2D eigenvalue weighted by Gasteiger charge is -2.10. The van der Waals surface area contributed by atoms with E-state index in [2.05, 4.69) is 17.2 Å². The predicted octanol–water partition coefficient (Wildman–Crippen LogP) is 3.53. The summed E-state index contributed by atoms with van der Waals surface area (Å²) >= 11 is 1.51. The molecule has 25 heavy (non-hydrogen) atoms. The molecule has 0 aliphatic rings. The normalized spacial score (nSPS) is 10.2. The Hall–Kier alpha value is -2.60. The van der Waals surface area contributed by atoms with Crippen LogP contribution in [0, 0.1) is 5.82 Å². The van der Waals surface area contributed by atoms with E-state index in [1.165, 1.54) is 30.0 Å². The third-order valence-electron chi connectivity index (χ3n) is 3.49. The van der Waals surface area contributed by atoms with Crippen molar-refractivity contribution in [3.8, 4) is 0 Å². The molecule has 2 aromatic rings.